The Bertz CT molecular complexity index is 1460. The van der Waals surface area contributed by atoms with Gasteiger partial charge < -0.3 is 5.11 Å². The van der Waals surface area contributed by atoms with Crippen LogP contribution in [0.1, 0.15) is 25.7 Å². The van der Waals surface area contributed by atoms with Crippen molar-refractivity contribution in [3.05, 3.63) is 91.0 Å². The fourth-order valence-corrected chi connectivity index (χ4v) is 14.2. The van der Waals surface area contributed by atoms with Crippen LogP contribution in [0.4, 0.5) is 17.6 Å². The van der Waals surface area contributed by atoms with Gasteiger partial charge in [-0.25, -0.2) is 3.63 Å². The first kappa shape index (κ1) is 28.4. The van der Waals surface area contributed by atoms with Gasteiger partial charge in [0.05, 0.1) is 6.10 Å². The average molecular weight is 621 g/mol. The second-order valence-electron chi connectivity index (χ2n) is 12.3. The SMILES string of the molecule is O=S(=O)(OS(c1ccccc1)(c1ccccc1)c1ccccc1)C(F)(F)C(F)(F)C1CC2CC1C1C3CC(CC3O)C21. The molecular formula is C32H32F4O4S2. The van der Waals surface area contributed by atoms with Gasteiger partial charge in [0.25, 0.3) is 0 Å². The van der Waals surface area contributed by atoms with Gasteiger partial charge in [-0.1, -0.05) is 54.6 Å². The van der Waals surface area contributed by atoms with E-state index in [9.17, 15) is 13.5 Å². The van der Waals surface area contributed by atoms with Crippen LogP contribution in [-0.2, 0) is 13.7 Å². The Morgan fingerprint density at radius 1 is 0.643 bits per heavy atom. The van der Waals surface area contributed by atoms with Gasteiger partial charge >= 0.3 is 21.3 Å². The maximum absolute atomic E-state index is 16.2. The van der Waals surface area contributed by atoms with Crippen molar-refractivity contribution in [2.45, 2.75) is 57.7 Å². The maximum Gasteiger partial charge on any atom is 0.432 e. The second-order valence-corrected chi connectivity index (χ2v) is 16.8. The largest absolute Gasteiger partial charge is 0.432 e. The Morgan fingerprint density at radius 3 is 1.60 bits per heavy atom. The zero-order valence-electron chi connectivity index (χ0n) is 22.6. The van der Waals surface area contributed by atoms with E-state index in [0.717, 1.165) is 6.42 Å². The number of aliphatic hydroxyl groups excluding tert-OH is 1. The first-order valence-corrected chi connectivity index (χ1v) is 17.3. The predicted octanol–water partition coefficient (Wildman–Crippen LogP) is 7.75. The number of hydrogen-bond acceptors (Lipinski definition) is 4. The van der Waals surface area contributed by atoms with Crippen LogP contribution in [0, 0.1) is 41.4 Å². The van der Waals surface area contributed by atoms with E-state index in [4.69, 9.17) is 3.63 Å². The van der Waals surface area contributed by atoms with E-state index < -0.39 is 49.5 Å². The average Bonchev–Trinajstić information content (AvgIpc) is 3.77. The number of hydrogen-bond donors (Lipinski definition) is 1. The van der Waals surface area contributed by atoms with E-state index in [2.05, 4.69) is 0 Å². The summed E-state index contributed by atoms with van der Waals surface area (Å²) in [6.45, 7) is 0. The molecule has 0 heterocycles. The summed E-state index contributed by atoms with van der Waals surface area (Å²) in [5, 5.41) is 4.99. The van der Waals surface area contributed by atoms with Gasteiger partial charge in [0.15, 0.2) is 0 Å². The van der Waals surface area contributed by atoms with Gasteiger partial charge in [0.1, 0.15) is 0 Å². The monoisotopic (exact) mass is 620 g/mol. The molecule has 4 aliphatic carbocycles. The van der Waals surface area contributed by atoms with E-state index in [0.29, 0.717) is 12.8 Å². The van der Waals surface area contributed by atoms with E-state index >= 15 is 17.6 Å². The summed E-state index contributed by atoms with van der Waals surface area (Å²) in [7, 11) is -9.64. The van der Waals surface area contributed by atoms with Gasteiger partial charge in [-0.15, -0.1) is 0 Å². The third-order valence-corrected chi connectivity index (χ3v) is 15.6. The van der Waals surface area contributed by atoms with E-state index in [1.54, 1.807) is 91.0 Å². The minimum absolute atomic E-state index is 0.142. The van der Waals surface area contributed by atoms with Crippen molar-refractivity contribution >= 4 is 20.4 Å². The van der Waals surface area contributed by atoms with Crippen molar-refractivity contribution in [1.82, 2.24) is 0 Å². The molecule has 0 aliphatic heterocycles. The molecule has 3 aromatic carbocycles. The molecule has 0 spiro atoms. The molecule has 4 bridgehead atoms. The van der Waals surface area contributed by atoms with Crippen LogP contribution in [-0.4, -0.2) is 30.8 Å². The molecule has 3 aromatic rings. The van der Waals surface area contributed by atoms with Crippen molar-refractivity contribution in [1.29, 1.82) is 0 Å². The second kappa shape index (κ2) is 9.81. The minimum Gasteiger partial charge on any atom is -0.393 e. The smallest absolute Gasteiger partial charge is 0.393 e. The normalized spacial score (nSPS) is 32.7. The van der Waals surface area contributed by atoms with Crippen LogP contribution in [0.25, 0.3) is 0 Å². The Labute approximate surface area is 244 Å². The lowest BCUT2D eigenvalue weighted by atomic mass is 9.65. The number of rotatable bonds is 8. The van der Waals surface area contributed by atoms with Crippen molar-refractivity contribution in [3.63, 3.8) is 0 Å². The summed E-state index contributed by atoms with van der Waals surface area (Å²) < 4.78 is 97.7. The highest BCUT2D eigenvalue weighted by molar-refractivity contribution is 8.33. The maximum atomic E-state index is 16.2. The minimum atomic E-state index is -6.21. The fraction of sp³-hybridized carbons (Fsp3) is 0.438. The molecule has 8 unspecified atom stereocenters. The Balaban J connectivity index is 1.30. The van der Waals surface area contributed by atoms with Crippen LogP contribution in [0.3, 0.4) is 0 Å². The van der Waals surface area contributed by atoms with Gasteiger partial charge in [-0.2, -0.15) is 26.0 Å². The van der Waals surface area contributed by atoms with Crippen LogP contribution < -0.4 is 0 Å². The van der Waals surface area contributed by atoms with Crippen LogP contribution >= 0.6 is 10.3 Å². The van der Waals surface area contributed by atoms with Gasteiger partial charge in [0.2, 0.25) is 0 Å². The van der Waals surface area contributed by atoms with Gasteiger partial charge in [-0.05, 0) is 108 Å². The van der Waals surface area contributed by atoms with Crippen molar-refractivity contribution < 1.29 is 34.7 Å². The fourth-order valence-electron chi connectivity index (χ4n) is 8.91. The summed E-state index contributed by atoms with van der Waals surface area (Å²) in [4.78, 5) is 0.844. The number of aliphatic hydroxyl groups is 1. The number of alkyl halides is 4. The molecule has 0 amide bonds. The highest BCUT2D eigenvalue weighted by atomic mass is 32.3. The third kappa shape index (κ3) is 3.90. The van der Waals surface area contributed by atoms with Gasteiger partial charge in [0, 0.05) is 20.6 Å². The molecule has 4 aliphatic rings. The Morgan fingerprint density at radius 2 is 1.10 bits per heavy atom. The van der Waals surface area contributed by atoms with Crippen LogP contribution in [0.15, 0.2) is 106 Å². The summed E-state index contributed by atoms with van der Waals surface area (Å²) >= 11 is 0. The molecule has 4 saturated carbocycles. The first-order chi connectivity index (χ1) is 20.0. The number of halogens is 4. The zero-order chi connectivity index (χ0) is 29.5. The standard InChI is InChI=1S/C32H32F4O4S2/c33-31(34,27-18-20-16-25(27)30-26-17-21(29(20)30)19-28(26)37)32(35,36)42(38,39)40-41(22-10-4-1-5-11-22,23-12-6-2-7-13-23)24-14-8-3-9-15-24/h1-15,20-21,25-30,37H,16-19H2. The molecule has 1 N–H and O–H groups in total. The van der Waals surface area contributed by atoms with Crippen LogP contribution in [0.2, 0.25) is 0 Å². The quantitative estimate of drug-likeness (QED) is 0.207. The molecular weight excluding hydrogens is 588 g/mol. The molecule has 0 aromatic heterocycles. The molecule has 0 saturated heterocycles. The highest BCUT2D eigenvalue weighted by Gasteiger charge is 2.76. The molecule has 0 radical (unpaired) electrons. The number of benzene rings is 3. The van der Waals surface area contributed by atoms with Crippen molar-refractivity contribution in [2.24, 2.45) is 41.4 Å². The molecule has 4 fully saturated rings. The predicted molar refractivity (Wildman–Crippen MR) is 151 cm³/mol. The van der Waals surface area contributed by atoms with Crippen molar-refractivity contribution in [3.8, 4) is 0 Å². The highest BCUT2D eigenvalue weighted by Crippen LogP contribution is 2.73. The molecule has 10 heteroatoms. The Kier molecular flexibility index (Phi) is 6.62. The van der Waals surface area contributed by atoms with E-state index in [-0.39, 0.29) is 50.7 Å². The molecule has 8 atom stereocenters. The lowest BCUT2D eigenvalue weighted by Crippen LogP contribution is -2.55. The lowest BCUT2D eigenvalue weighted by Gasteiger charge is -2.44. The zero-order valence-corrected chi connectivity index (χ0v) is 24.2. The summed E-state index contributed by atoms with van der Waals surface area (Å²) in [5.74, 6) is -7.63. The van der Waals surface area contributed by atoms with E-state index in [1.165, 1.54) is 0 Å². The summed E-state index contributed by atoms with van der Waals surface area (Å²) in [6, 6.07) is 24.2. The van der Waals surface area contributed by atoms with Gasteiger partial charge in [-0.3, -0.25) is 0 Å². The topological polar surface area (TPSA) is 63.6 Å². The Hall–Kier alpha value is -2.40. The summed E-state index contributed by atoms with van der Waals surface area (Å²) in [6.07, 6.45) is 0.995. The van der Waals surface area contributed by atoms with Crippen LogP contribution in [0.5, 0.6) is 0 Å². The third-order valence-electron chi connectivity index (χ3n) is 10.4. The lowest BCUT2D eigenvalue weighted by molar-refractivity contribution is -0.210. The number of fused-ring (bicyclic) bond motifs is 9. The molecule has 42 heavy (non-hydrogen) atoms. The first-order valence-electron chi connectivity index (χ1n) is 14.4. The molecule has 224 valence electrons. The van der Waals surface area contributed by atoms with E-state index in [1.807, 2.05) is 0 Å². The summed E-state index contributed by atoms with van der Waals surface area (Å²) in [5.41, 5.74) is 0. The van der Waals surface area contributed by atoms with Crippen molar-refractivity contribution in [2.75, 3.05) is 0 Å². The molecule has 4 nitrogen and oxygen atoms in total. The molecule has 7 rings (SSSR count).